The molecule has 0 aliphatic heterocycles. The molecular weight excluding hydrogens is 224 g/mol. The molecule has 1 amide bonds. The third-order valence-corrected chi connectivity index (χ3v) is 3.34. The van der Waals surface area contributed by atoms with Crippen LogP contribution in [0.15, 0.2) is 42.5 Å². The van der Waals surface area contributed by atoms with Crippen LogP contribution < -0.4 is 11.1 Å². The van der Waals surface area contributed by atoms with Gasteiger partial charge in [-0.15, -0.1) is 0 Å². The predicted octanol–water partition coefficient (Wildman–Crippen LogP) is 1.34. The normalized spacial score (nSPS) is 14.3. The third kappa shape index (κ3) is 2.51. The van der Waals surface area contributed by atoms with E-state index in [4.69, 9.17) is 5.73 Å². The molecule has 0 spiro atoms. The number of fused-ring (bicyclic) bond motifs is 1. The molecule has 0 radical (unpaired) electrons. The topological polar surface area (TPSA) is 59.7 Å². The van der Waals surface area contributed by atoms with Crippen LogP contribution in [0.5, 0.6) is 0 Å². The van der Waals surface area contributed by atoms with Crippen molar-refractivity contribution in [3.05, 3.63) is 48.0 Å². The number of nitrogens with two attached hydrogens (primary N) is 2. The maximum absolute atomic E-state index is 11.1. The van der Waals surface area contributed by atoms with Crippen molar-refractivity contribution in [2.45, 2.75) is 25.9 Å². The van der Waals surface area contributed by atoms with Crippen LogP contribution in [0.3, 0.4) is 0 Å². The highest BCUT2D eigenvalue weighted by Crippen LogP contribution is 2.22. The van der Waals surface area contributed by atoms with E-state index in [1.807, 2.05) is 24.4 Å². The van der Waals surface area contributed by atoms with Gasteiger partial charge in [-0.25, -0.2) is 0 Å². The zero-order chi connectivity index (χ0) is 13.1. The van der Waals surface area contributed by atoms with Gasteiger partial charge in [-0.05, 0) is 24.6 Å². The second-order valence-electron chi connectivity index (χ2n) is 4.74. The van der Waals surface area contributed by atoms with Crippen molar-refractivity contribution in [3.8, 4) is 0 Å². The minimum Gasteiger partial charge on any atom is -0.365 e. The lowest BCUT2D eigenvalue weighted by Gasteiger charge is -2.16. The number of rotatable bonds is 4. The summed E-state index contributed by atoms with van der Waals surface area (Å²) in [5.41, 5.74) is 6.54. The first kappa shape index (κ1) is 12.6. The van der Waals surface area contributed by atoms with E-state index in [-0.39, 0.29) is 18.0 Å². The number of carbonyl (C=O) groups excluding carboxylic acids is 1. The minimum atomic E-state index is -0.276. The molecule has 94 valence electrons. The van der Waals surface area contributed by atoms with Gasteiger partial charge in [0.25, 0.3) is 5.91 Å². The van der Waals surface area contributed by atoms with Crippen LogP contribution in [-0.2, 0) is 4.79 Å². The maximum atomic E-state index is 11.1. The van der Waals surface area contributed by atoms with Gasteiger partial charge in [-0.1, -0.05) is 42.5 Å². The molecule has 0 fully saturated rings. The van der Waals surface area contributed by atoms with Gasteiger partial charge in [0.2, 0.25) is 0 Å². The molecular formula is C15H19N2O+. The Morgan fingerprint density at radius 2 is 1.78 bits per heavy atom. The van der Waals surface area contributed by atoms with E-state index in [2.05, 4.69) is 37.3 Å². The van der Waals surface area contributed by atoms with Crippen LogP contribution in [0.4, 0.5) is 0 Å². The Morgan fingerprint density at radius 1 is 1.11 bits per heavy atom. The van der Waals surface area contributed by atoms with Gasteiger partial charge in [0.05, 0.1) is 0 Å². The van der Waals surface area contributed by atoms with Gasteiger partial charge in [-0.3, -0.25) is 4.79 Å². The average molecular weight is 243 g/mol. The molecule has 2 aromatic carbocycles. The van der Waals surface area contributed by atoms with Gasteiger partial charge in [0.1, 0.15) is 6.04 Å². The second kappa shape index (κ2) is 5.19. The van der Waals surface area contributed by atoms with Crippen LogP contribution in [-0.4, -0.2) is 11.9 Å². The molecule has 3 heteroatoms. The molecule has 3 nitrogen and oxygen atoms in total. The fourth-order valence-corrected chi connectivity index (χ4v) is 2.28. The van der Waals surface area contributed by atoms with Crippen LogP contribution >= 0.6 is 0 Å². The summed E-state index contributed by atoms with van der Waals surface area (Å²) in [6, 6.07) is 14.5. The fourth-order valence-electron chi connectivity index (χ4n) is 2.28. The fraction of sp³-hybridized carbons (Fsp3) is 0.267. The lowest BCUT2D eigenvalue weighted by atomic mass is 9.99. The van der Waals surface area contributed by atoms with Crippen molar-refractivity contribution in [2.24, 2.45) is 5.73 Å². The Kier molecular flexibility index (Phi) is 3.63. The maximum Gasteiger partial charge on any atom is 0.275 e. The van der Waals surface area contributed by atoms with Gasteiger partial charge in [-0.2, -0.15) is 0 Å². The number of hydrogen-bond acceptors (Lipinski definition) is 1. The number of quaternary nitrogens is 1. The Labute approximate surface area is 107 Å². The number of primary amides is 1. The summed E-state index contributed by atoms with van der Waals surface area (Å²) in [6.45, 7) is 3.94. The monoisotopic (exact) mass is 243 g/mol. The van der Waals surface area contributed by atoms with Crippen LogP contribution in [0, 0.1) is 0 Å². The highest BCUT2D eigenvalue weighted by Gasteiger charge is 2.18. The van der Waals surface area contributed by atoms with Crippen LogP contribution in [0.1, 0.15) is 25.5 Å². The summed E-state index contributed by atoms with van der Waals surface area (Å²) in [7, 11) is 0. The quantitative estimate of drug-likeness (QED) is 0.836. The van der Waals surface area contributed by atoms with Crippen molar-refractivity contribution >= 4 is 16.7 Å². The summed E-state index contributed by atoms with van der Waals surface area (Å²) < 4.78 is 0. The molecule has 0 aliphatic rings. The van der Waals surface area contributed by atoms with Gasteiger partial charge >= 0.3 is 0 Å². The van der Waals surface area contributed by atoms with E-state index in [0.29, 0.717) is 0 Å². The summed E-state index contributed by atoms with van der Waals surface area (Å²) in [5.74, 6) is -0.276. The first-order chi connectivity index (χ1) is 8.59. The second-order valence-corrected chi connectivity index (χ2v) is 4.74. The Bertz CT molecular complexity index is 560. The van der Waals surface area contributed by atoms with Crippen LogP contribution in [0.2, 0.25) is 0 Å². The van der Waals surface area contributed by atoms with Crippen LogP contribution in [0.25, 0.3) is 10.8 Å². The molecule has 0 saturated heterocycles. The lowest BCUT2D eigenvalue weighted by Crippen LogP contribution is -2.92. The summed E-state index contributed by atoms with van der Waals surface area (Å²) >= 11 is 0. The molecule has 0 aliphatic carbocycles. The molecule has 2 rings (SSSR count). The highest BCUT2D eigenvalue weighted by atomic mass is 16.1. The summed E-state index contributed by atoms with van der Waals surface area (Å²) in [5, 5.41) is 4.46. The van der Waals surface area contributed by atoms with Crippen molar-refractivity contribution in [3.63, 3.8) is 0 Å². The first-order valence-electron chi connectivity index (χ1n) is 6.21. The standard InChI is InChI=1S/C15H18N2O/c1-10(17-11(2)15(16)18)13-9-5-7-12-6-3-4-8-14(12)13/h3-11,17H,1-2H3,(H2,16,18)/p+1/t10-,11+/m1/s1. The Hall–Kier alpha value is -1.87. The molecule has 2 aromatic rings. The highest BCUT2D eigenvalue weighted by molar-refractivity contribution is 5.86. The number of benzene rings is 2. The number of hydrogen-bond donors (Lipinski definition) is 2. The molecule has 4 N–H and O–H groups in total. The van der Waals surface area contributed by atoms with E-state index in [1.54, 1.807) is 0 Å². The van der Waals surface area contributed by atoms with Gasteiger partial charge in [0.15, 0.2) is 6.04 Å². The van der Waals surface area contributed by atoms with E-state index in [9.17, 15) is 4.79 Å². The Morgan fingerprint density at radius 3 is 2.50 bits per heavy atom. The van der Waals surface area contributed by atoms with Crippen molar-refractivity contribution < 1.29 is 10.1 Å². The number of carbonyl (C=O) groups is 1. The van der Waals surface area contributed by atoms with Crippen molar-refractivity contribution in [2.75, 3.05) is 0 Å². The minimum absolute atomic E-state index is 0.207. The molecule has 0 heterocycles. The van der Waals surface area contributed by atoms with E-state index in [1.165, 1.54) is 16.3 Å². The molecule has 0 saturated carbocycles. The predicted molar refractivity (Wildman–Crippen MR) is 72.9 cm³/mol. The van der Waals surface area contributed by atoms with E-state index < -0.39 is 0 Å². The smallest absolute Gasteiger partial charge is 0.275 e. The van der Waals surface area contributed by atoms with Gasteiger partial charge in [0, 0.05) is 5.56 Å². The molecule has 0 aromatic heterocycles. The molecule has 2 atom stereocenters. The van der Waals surface area contributed by atoms with E-state index in [0.717, 1.165) is 0 Å². The molecule has 18 heavy (non-hydrogen) atoms. The van der Waals surface area contributed by atoms with Crippen molar-refractivity contribution in [1.82, 2.24) is 0 Å². The molecule has 0 unspecified atom stereocenters. The SMILES string of the molecule is C[C@H]([NH2+][C@H](C)c1cccc2ccccc12)C(N)=O. The molecule has 0 bridgehead atoms. The van der Waals surface area contributed by atoms with E-state index >= 15 is 0 Å². The van der Waals surface area contributed by atoms with Gasteiger partial charge < -0.3 is 11.1 Å². The average Bonchev–Trinajstić information content (AvgIpc) is 2.37. The third-order valence-electron chi connectivity index (χ3n) is 3.34. The largest absolute Gasteiger partial charge is 0.365 e. The summed E-state index contributed by atoms with van der Waals surface area (Å²) in [6.07, 6.45) is 0. The lowest BCUT2D eigenvalue weighted by molar-refractivity contribution is -0.709. The van der Waals surface area contributed by atoms with Crippen molar-refractivity contribution in [1.29, 1.82) is 0 Å². The zero-order valence-electron chi connectivity index (χ0n) is 10.8. The number of amides is 1. The zero-order valence-corrected chi connectivity index (χ0v) is 10.8. The first-order valence-corrected chi connectivity index (χ1v) is 6.21. The Balaban J connectivity index is 2.33. The summed E-state index contributed by atoms with van der Waals surface area (Å²) in [4.78, 5) is 11.1.